The summed E-state index contributed by atoms with van der Waals surface area (Å²) in [7, 11) is 0. The molecule has 0 amide bonds. The highest BCUT2D eigenvalue weighted by Crippen LogP contribution is 2.30. The van der Waals surface area contributed by atoms with Gasteiger partial charge in [0.05, 0.1) is 5.92 Å². The molecule has 0 bridgehead atoms. The number of carboxylic acid groups (broad SMARTS) is 2. The first-order chi connectivity index (χ1) is 8.82. The van der Waals surface area contributed by atoms with Gasteiger partial charge in [0.25, 0.3) is 0 Å². The first-order valence-corrected chi connectivity index (χ1v) is 5.93. The maximum absolute atomic E-state index is 11.3. The molecular weight excluding hydrogens is 248 g/mol. The minimum Gasteiger partial charge on any atom is -0.481 e. The van der Waals surface area contributed by atoms with Crippen molar-refractivity contribution in [2.75, 3.05) is 11.5 Å². The zero-order valence-electron chi connectivity index (χ0n) is 10.7. The molecule has 0 aliphatic carbocycles. The highest BCUT2D eigenvalue weighted by atomic mass is 16.4. The fourth-order valence-electron chi connectivity index (χ4n) is 1.94. The van der Waals surface area contributed by atoms with Gasteiger partial charge in [0.1, 0.15) is 0 Å². The van der Waals surface area contributed by atoms with Crippen LogP contribution in [0.3, 0.4) is 0 Å². The molecule has 0 saturated carbocycles. The number of hydrogen-bond donors (Lipinski definition) is 4. The third-order valence-electron chi connectivity index (χ3n) is 3.03. The molecule has 0 spiro atoms. The molecule has 1 aromatic rings. The summed E-state index contributed by atoms with van der Waals surface area (Å²) in [6.45, 7) is 1.77. The smallest absolute Gasteiger partial charge is 0.311 e. The first kappa shape index (κ1) is 14.8. The molecule has 1 atom stereocenters. The van der Waals surface area contributed by atoms with E-state index in [2.05, 4.69) is 0 Å². The zero-order valence-corrected chi connectivity index (χ0v) is 10.7. The highest BCUT2D eigenvalue weighted by Gasteiger charge is 2.22. The number of hydrogen-bond acceptors (Lipinski definition) is 4. The lowest BCUT2D eigenvalue weighted by atomic mass is 9.90. The van der Waals surface area contributed by atoms with Crippen LogP contribution in [-0.2, 0) is 9.59 Å². The highest BCUT2D eigenvalue weighted by molar-refractivity contribution is 5.80. The lowest BCUT2D eigenvalue weighted by Crippen LogP contribution is -2.15. The van der Waals surface area contributed by atoms with Crippen molar-refractivity contribution in [1.29, 1.82) is 0 Å². The zero-order chi connectivity index (χ0) is 14.6. The molecule has 1 rings (SSSR count). The van der Waals surface area contributed by atoms with E-state index < -0.39 is 17.9 Å². The summed E-state index contributed by atoms with van der Waals surface area (Å²) in [6, 6.07) is 3.20. The second-order valence-corrected chi connectivity index (χ2v) is 4.51. The maximum atomic E-state index is 11.3. The first-order valence-electron chi connectivity index (χ1n) is 5.93. The Kier molecular flexibility index (Phi) is 4.74. The Labute approximate surface area is 111 Å². The van der Waals surface area contributed by atoms with Crippen molar-refractivity contribution in [2.45, 2.75) is 32.1 Å². The van der Waals surface area contributed by atoms with Crippen LogP contribution < -0.4 is 11.5 Å². The van der Waals surface area contributed by atoms with Gasteiger partial charge in [0, 0.05) is 17.8 Å². The average Bonchev–Trinajstić information content (AvgIpc) is 2.29. The molecule has 6 N–H and O–H groups in total. The number of nitrogen functional groups attached to an aromatic ring is 2. The predicted molar refractivity (Wildman–Crippen MR) is 71.9 cm³/mol. The summed E-state index contributed by atoms with van der Waals surface area (Å²) in [6.07, 6.45) is 0.460. The number of carbonyl (C=O) groups is 2. The van der Waals surface area contributed by atoms with Crippen LogP contribution in [0.1, 0.15) is 36.3 Å². The van der Waals surface area contributed by atoms with Gasteiger partial charge in [-0.3, -0.25) is 9.59 Å². The number of carboxylic acids is 2. The van der Waals surface area contributed by atoms with Crippen LogP contribution in [0.5, 0.6) is 0 Å². The molecular formula is C13H18N2O4. The number of anilines is 2. The Balaban J connectivity index is 2.96. The molecule has 6 heteroatoms. The molecule has 0 fully saturated rings. The molecule has 104 valence electrons. The van der Waals surface area contributed by atoms with Crippen molar-refractivity contribution in [3.8, 4) is 0 Å². The average molecular weight is 266 g/mol. The molecule has 0 heterocycles. The van der Waals surface area contributed by atoms with E-state index in [9.17, 15) is 14.7 Å². The number of nitrogens with two attached hydrogens (primary N) is 2. The second kappa shape index (κ2) is 6.08. The van der Waals surface area contributed by atoms with Crippen LogP contribution in [0.4, 0.5) is 11.4 Å². The van der Waals surface area contributed by atoms with Crippen molar-refractivity contribution >= 4 is 23.3 Å². The summed E-state index contributed by atoms with van der Waals surface area (Å²) >= 11 is 0. The van der Waals surface area contributed by atoms with Gasteiger partial charge in [-0.1, -0.05) is 6.07 Å². The van der Waals surface area contributed by atoms with E-state index in [0.29, 0.717) is 16.9 Å². The van der Waals surface area contributed by atoms with Gasteiger partial charge in [-0.05, 0) is 37.0 Å². The van der Waals surface area contributed by atoms with E-state index in [-0.39, 0.29) is 19.3 Å². The van der Waals surface area contributed by atoms with Crippen LogP contribution >= 0.6 is 0 Å². The molecule has 0 aromatic heterocycles. The molecule has 19 heavy (non-hydrogen) atoms. The van der Waals surface area contributed by atoms with Crippen LogP contribution in [0, 0.1) is 6.92 Å². The Morgan fingerprint density at radius 2 is 1.84 bits per heavy atom. The molecule has 0 aliphatic heterocycles. The number of aliphatic carboxylic acids is 2. The SMILES string of the molecule is Cc1cc(C(CCCC(=O)O)C(=O)O)c(N)cc1N. The van der Waals surface area contributed by atoms with Gasteiger partial charge < -0.3 is 21.7 Å². The molecule has 1 aromatic carbocycles. The van der Waals surface area contributed by atoms with E-state index in [1.165, 1.54) is 6.07 Å². The summed E-state index contributed by atoms with van der Waals surface area (Å²) < 4.78 is 0. The monoisotopic (exact) mass is 266 g/mol. The van der Waals surface area contributed by atoms with Crippen LogP contribution in [0.15, 0.2) is 12.1 Å². The number of benzene rings is 1. The van der Waals surface area contributed by atoms with Gasteiger partial charge in [-0.15, -0.1) is 0 Å². The molecule has 0 radical (unpaired) electrons. The van der Waals surface area contributed by atoms with E-state index in [1.807, 2.05) is 0 Å². The van der Waals surface area contributed by atoms with E-state index in [1.54, 1.807) is 13.0 Å². The third kappa shape index (κ3) is 3.87. The van der Waals surface area contributed by atoms with Crippen molar-refractivity contribution in [3.63, 3.8) is 0 Å². The predicted octanol–water partition coefficient (Wildman–Crippen LogP) is 1.58. The van der Waals surface area contributed by atoms with Crippen molar-refractivity contribution in [2.24, 2.45) is 0 Å². The Morgan fingerprint density at radius 3 is 2.37 bits per heavy atom. The quantitative estimate of drug-likeness (QED) is 0.579. The Morgan fingerprint density at radius 1 is 1.21 bits per heavy atom. The van der Waals surface area contributed by atoms with Gasteiger partial charge in [-0.25, -0.2) is 0 Å². The van der Waals surface area contributed by atoms with Gasteiger partial charge in [0.15, 0.2) is 0 Å². The maximum Gasteiger partial charge on any atom is 0.311 e. The van der Waals surface area contributed by atoms with Gasteiger partial charge >= 0.3 is 11.9 Å². The minimum absolute atomic E-state index is 0.0579. The van der Waals surface area contributed by atoms with Gasteiger partial charge in [-0.2, -0.15) is 0 Å². The summed E-state index contributed by atoms with van der Waals surface area (Å²) in [4.78, 5) is 21.8. The third-order valence-corrected chi connectivity index (χ3v) is 3.03. The lowest BCUT2D eigenvalue weighted by molar-refractivity contribution is -0.140. The minimum atomic E-state index is -1.01. The van der Waals surface area contributed by atoms with E-state index in [0.717, 1.165) is 5.56 Å². The lowest BCUT2D eigenvalue weighted by Gasteiger charge is -2.16. The molecule has 1 unspecified atom stereocenters. The van der Waals surface area contributed by atoms with Crippen LogP contribution in [0.2, 0.25) is 0 Å². The molecule has 0 aliphatic rings. The normalized spacial score (nSPS) is 12.1. The fraction of sp³-hybridized carbons (Fsp3) is 0.385. The summed E-state index contributed by atoms with van der Waals surface area (Å²) in [5.74, 6) is -2.76. The Hall–Kier alpha value is -2.24. The van der Waals surface area contributed by atoms with E-state index >= 15 is 0 Å². The van der Waals surface area contributed by atoms with Crippen molar-refractivity contribution in [3.05, 3.63) is 23.3 Å². The standard InChI is InChI=1S/C13H18N2O4/c1-7-5-9(11(15)6-10(7)14)8(13(18)19)3-2-4-12(16)17/h5-6,8H,2-4,14-15H2,1H3,(H,16,17)(H,18,19). The van der Waals surface area contributed by atoms with E-state index in [4.69, 9.17) is 16.6 Å². The second-order valence-electron chi connectivity index (χ2n) is 4.51. The number of aryl methyl sites for hydroxylation is 1. The van der Waals surface area contributed by atoms with Crippen LogP contribution in [-0.4, -0.2) is 22.2 Å². The van der Waals surface area contributed by atoms with Crippen LogP contribution in [0.25, 0.3) is 0 Å². The summed E-state index contributed by atoms with van der Waals surface area (Å²) in [5.41, 5.74) is 13.6. The molecule has 6 nitrogen and oxygen atoms in total. The fourth-order valence-corrected chi connectivity index (χ4v) is 1.94. The van der Waals surface area contributed by atoms with Gasteiger partial charge in [0.2, 0.25) is 0 Å². The Bertz CT molecular complexity index is 500. The topological polar surface area (TPSA) is 127 Å². The molecule has 0 saturated heterocycles. The largest absolute Gasteiger partial charge is 0.481 e. The van der Waals surface area contributed by atoms with Crippen molar-refractivity contribution in [1.82, 2.24) is 0 Å². The van der Waals surface area contributed by atoms with Crippen molar-refractivity contribution < 1.29 is 19.8 Å². The number of rotatable bonds is 6. The summed E-state index contributed by atoms with van der Waals surface area (Å²) in [5, 5.41) is 17.8.